The van der Waals surface area contributed by atoms with Crippen LogP contribution in [0.4, 0.5) is 0 Å². The molecule has 0 aliphatic carbocycles. The summed E-state index contributed by atoms with van der Waals surface area (Å²) >= 11 is 0. The van der Waals surface area contributed by atoms with Crippen molar-refractivity contribution in [3.63, 3.8) is 0 Å². The van der Waals surface area contributed by atoms with Crippen molar-refractivity contribution >= 4 is 5.91 Å². The number of hydrogen-bond donors (Lipinski definition) is 2. The van der Waals surface area contributed by atoms with E-state index in [1.54, 1.807) is 0 Å². The van der Waals surface area contributed by atoms with Crippen LogP contribution >= 0.6 is 0 Å². The van der Waals surface area contributed by atoms with Gasteiger partial charge in [-0.25, -0.2) is 0 Å². The fourth-order valence-corrected chi connectivity index (χ4v) is 3.49. The molecule has 2 N–H and O–H groups in total. The van der Waals surface area contributed by atoms with Crippen molar-refractivity contribution in [1.82, 2.24) is 15.5 Å². The van der Waals surface area contributed by atoms with Crippen LogP contribution in [0.3, 0.4) is 0 Å². The van der Waals surface area contributed by atoms with Gasteiger partial charge in [0, 0.05) is 19.1 Å². The van der Waals surface area contributed by atoms with Crippen molar-refractivity contribution in [2.75, 3.05) is 20.1 Å². The molecule has 2 aliphatic rings. The first-order chi connectivity index (χ1) is 10.1. The summed E-state index contributed by atoms with van der Waals surface area (Å²) in [7, 11) is 2.15. The van der Waals surface area contributed by atoms with Gasteiger partial charge in [-0.15, -0.1) is 0 Å². The molecule has 1 aromatic rings. The van der Waals surface area contributed by atoms with E-state index in [2.05, 4.69) is 53.8 Å². The number of rotatable bonds is 2. The van der Waals surface area contributed by atoms with Gasteiger partial charge in [-0.05, 0) is 43.5 Å². The molecule has 0 spiro atoms. The van der Waals surface area contributed by atoms with Crippen LogP contribution in [0.15, 0.2) is 24.3 Å². The van der Waals surface area contributed by atoms with Gasteiger partial charge < -0.3 is 15.5 Å². The maximum atomic E-state index is 12.5. The van der Waals surface area contributed by atoms with Crippen molar-refractivity contribution in [2.45, 2.75) is 38.4 Å². The molecule has 0 bridgehead atoms. The Morgan fingerprint density at radius 3 is 2.86 bits per heavy atom. The molecule has 2 aliphatic heterocycles. The Balaban J connectivity index is 1.59. The largest absolute Gasteiger partial charge is 0.352 e. The van der Waals surface area contributed by atoms with E-state index in [0.29, 0.717) is 12.0 Å². The molecule has 1 aromatic carbocycles. The topological polar surface area (TPSA) is 44.4 Å². The quantitative estimate of drug-likeness (QED) is 0.858. The van der Waals surface area contributed by atoms with Crippen LogP contribution < -0.4 is 10.6 Å². The molecule has 21 heavy (non-hydrogen) atoms. The van der Waals surface area contributed by atoms with Crippen molar-refractivity contribution in [2.24, 2.45) is 5.92 Å². The summed E-state index contributed by atoms with van der Waals surface area (Å²) in [4.78, 5) is 14.9. The van der Waals surface area contributed by atoms with Gasteiger partial charge in [0.05, 0.1) is 6.04 Å². The van der Waals surface area contributed by atoms with Gasteiger partial charge in [0.25, 0.3) is 0 Å². The van der Waals surface area contributed by atoms with Gasteiger partial charge in [0.15, 0.2) is 0 Å². The second kappa shape index (κ2) is 6.16. The van der Waals surface area contributed by atoms with Crippen LogP contribution in [0.2, 0.25) is 0 Å². The van der Waals surface area contributed by atoms with Crippen LogP contribution in [0, 0.1) is 5.92 Å². The lowest BCUT2D eigenvalue weighted by Gasteiger charge is -2.36. The fraction of sp³-hybridized carbons (Fsp3) is 0.588. The van der Waals surface area contributed by atoms with Crippen LogP contribution in [0.25, 0.3) is 0 Å². The Hall–Kier alpha value is -1.39. The lowest BCUT2D eigenvalue weighted by molar-refractivity contribution is -0.124. The average Bonchev–Trinajstić information content (AvgIpc) is 2.49. The van der Waals surface area contributed by atoms with Crippen LogP contribution in [-0.4, -0.2) is 43.0 Å². The van der Waals surface area contributed by atoms with Crippen LogP contribution in [-0.2, 0) is 17.8 Å². The average molecular weight is 287 g/mol. The molecule has 4 nitrogen and oxygen atoms in total. The molecule has 1 amide bonds. The van der Waals surface area contributed by atoms with E-state index in [1.807, 2.05) is 0 Å². The number of fused-ring (bicyclic) bond motifs is 1. The zero-order chi connectivity index (χ0) is 14.8. The van der Waals surface area contributed by atoms with Crippen molar-refractivity contribution in [3.05, 3.63) is 35.4 Å². The van der Waals surface area contributed by atoms with Crippen LogP contribution in [0.1, 0.15) is 24.5 Å². The second-order valence-electron chi connectivity index (χ2n) is 6.55. The van der Waals surface area contributed by atoms with E-state index in [9.17, 15) is 4.79 Å². The number of hydrogen-bond acceptors (Lipinski definition) is 3. The van der Waals surface area contributed by atoms with Crippen molar-refractivity contribution in [3.8, 4) is 0 Å². The Labute approximate surface area is 126 Å². The molecule has 3 rings (SSSR count). The minimum Gasteiger partial charge on any atom is -0.352 e. The summed E-state index contributed by atoms with van der Waals surface area (Å²) in [5, 5.41) is 6.63. The predicted molar refractivity (Wildman–Crippen MR) is 84.0 cm³/mol. The number of carbonyl (C=O) groups excluding carboxylic acids is 1. The van der Waals surface area contributed by atoms with Gasteiger partial charge in [-0.3, -0.25) is 4.79 Å². The second-order valence-corrected chi connectivity index (χ2v) is 6.55. The van der Waals surface area contributed by atoms with Gasteiger partial charge >= 0.3 is 0 Å². The highest BCUT2D eigenvalue weighted by Crippen LogP contribution is 2.18. The van der Waals surface area contributed by atoms with Crippen LogP contribution in [0.5, 0.6) is 0 Å². The summed E-state index contributed by atoms with van der Waals surface area (Å²) in [5.41, 5.74) is 2.61. The maximum Gasteiger partial charge on any atom is 0.237 e. The molecule has 0 aromatic heterocycles. The number of carbonyl (C=O) groups is 1. The molecule has 0 radical (unpaired) electrons. The third-order valence-electron chi connectivity index (χ3n) is 4.83. The van der Waals surface area contributed by atoms with E-state index >= 15 is 0 Å². The van der Waals surface area contributed by atoms with Gasteiger partial charge in [0.2, 0.25) is 5.91 Å². The lowest BCUT2D eigenvalue weighted by Crippen LogP contribution is -2.55. The molecular formula is C17H25N3O. The van der Waals surface area contributed by atoms with E-state index in [1.165, 1.54) is 11.1 Å². The summed E-state index contributed by atoms with van der Waals surface area (Å²) < 4.78 is 0. The van der Waals surface area contributed by atoms with E-state index < -0.39 is 0 Å². The highest BCUT2D eigenvalue weighted by molar-refractivity contribution is 5.82. The zero-order valence-corrected chi connectivity index (χ0v) is 12.9. The molecule has 114 valence electrons. The van der Waals surface area contributed by atoms with Crippen molar-refractivity contribution in [1.29, 1.82) is 0 Å². The number of nitrogens with zero attached hydrogens (tertiary/aromatic N) is 1. The molecule has 2 heterocycles. The maximum absolute atomic E-state index is 12.5. The van der Waals surface area contributed by atoms with Crippen molar-refractivity contribution < 1.29 is 4.79 Å². The molecule has 4 heteroatoms. The first kappa shape index (κ1) is 14.5. The molecule has 3 atom stereocenters. The minimum absolute atomic E-state index is 0.0910. The predicted octanol–water partition coefficient (Wildman–Crippen LogP) is 1.16. The van der Waals surface area contributed by atoms with E-state index in [4.69, 9.17) is 0 Å². The highest BCUT2D eigenvalue weighted by atomic mass is 16.2. The Morgan fingerprint density at radius 1 is 1.33 bits per heavy atom. The highest BCUT2D eigenvalue weighted by Gasteiger charge is 2.29. The normalized spacial score (nSPS) is 29.7. The third kappa shape index (κ3) is 3.27. The summed E-state index contributed by atoms with van der Waals surface area (Å²) in [5.74, 6) is 0.675. The summed E-state index contributed by atoms with van der Waals surface area (Å²) in [6.07, 6.45) is 1.84. The zero-order valence-electron chi connectivity index (χ0n) is 12.9. The first-order valence-electron chi connectivity index (χ1n) is 7.92. The molecule has 1 saturated heterocycles. The molecule has 3 unspecified atom stereocenters. The van der Waals surface area contributed by atoms with E-state index in [0.717, 1.165) is 32.5 Å². The number of nitrogens with one attached hydrogen (secondary N) is 2. The molecule has 0 saturated carbocycles. The summed E-state index contributed by atoms with van der Waals surface area (Å²) in [6, 6.07) is 8.60. The Bertz CT molecular complexity index is 517. The third-order valence-corrected chi connectivity index (χ3v) is 4.83. The smallest absolute Gasteiger partial charge is 0.237 e. The SMILES string of the molecule is CC1CN(C)CCC1NC(=O)C1Cc2ccccc2CN1. The van der Waals surface area contributed by atoms with Gasteiger partial charge in [-0.1, -0.05) is 31.2 Å². The Morgan fingerprint density at radius 2 is 2.10 bits per heavy atom. The minimum atomic E-state index is -0.0910. The number of piperidine rings is 1. The standard InChI is InChI=1S/C17H25N3O/c1-12-11-20(2)8-7-15(12)19-17(21)16-9-13-5-3-4-6-14(13)10-18-16/h3-6,12,15-16,18H,7-11H2,1-2H3,(H,19,21). The monoisotopic (exact) mass is 287 g/mol. The first-order valence-corrected chi connectivity index (χ1v) is 7.92. The number of amides is 1. The Kier molecular flexibility index (Phi) is 4.27. The molecular weight excluding hydrogens is 262 g/mol. The van der Waals surface area contributed by atoms with Gasteiger partial charge in [-0.2, -0.15) is 0 Å². The lowest BCUT2D eigenvalue weighted by atomic mass is 9.92. The van der Waals surface area contributed by atoms with Gasteiger partial charge in [0.1, 0.15) is 0 Å². The molecule has 1 fully saturated rings. The fourth-order valence-electron chi connectivity index (χ4n) is 3.49. The number of likely N-dealkylation sites (tertiary alicyclic amines) is 1. The number of benzene rings is 1. The van der Waals surface area contributed by atoms with E-state index in [-0.39, 0.29) is 11.9 Å². The summed E-state index contributed by atoms with van der Waals surface area (Å²) in [6.45, 7) is 5.14.